The Morgan fingerprint density at radius 1 is 1.00 bits per heavy atom. The van der Waals surface area contributed by atoms with Crippen LogP contribution in [0.4, 0.5) is 0 Å². The second-order valence-corrected chi connectivity index (χ2v) is 0.848. The van der Waals surface area contributed by atoms with Crippen molar-refractivity contribution in [3.63, 3.8) is 0 Å². The van der Waals surface area contributed by atoms with E-state index in [2.05, 4.69) is 0 Å². The van der Waals surface area contributed by atoms with Crippen LogP contribution in [0.15, 0.2) is 0 Å². The first-order valence-electron chi connectivity index (χ1n) is 0.651. The molecule has 0 heterocycles. The molecule has 0 aliphatic heterocycles. The van der Waals surface area contributed by atoms with E-state index >= 15 is 0 Å². The van der Waals surface area contributed by atoms with E-state index in [1.165, 1.54) is 0 Å². The summed E-state index contributed by atoms with van der Waals surface area (Å²) < 4.78 is 8.74. The van der Waals surface area contributed by atoms with Crippen molar-refractivity contribution in [3.8, 4) is 0 Å². The van der Waals surface area contributed by atoms with Gasteiger partial charge in [0.05, 0.1) is 0 Å². The molecule has 6 N–H and O–H groups in total. The van der Waals surface area contributed by atoms with E-state index in [0.717, 1.165) is 0 Å². The van der Waals surface area contributed by atoms with Gasteiger partial charge in [-0.05, 0) is 0 Å². The monoisotopic (exact) mass is 302 g/mol. The highest BCUT2D eigenvalue weighted by molar-refractivity contribution is 14.0. The fourth-order valence-electron chi connectivity index (χ4n) is 0. The summed E-state index contributed by atoms with van der Waals surface area (Å²) in [6.07, 6.45) is 0. The standard InChI is InChI=1S/2Al.HI.H2O3Si.2H2O.6H/c;;;1-4(2)3;;;;;;;;/h;;1H;1-2H;2*1H2;;;;;;. The number of rotatable bonds is 0. The highest BCUT2D eigenvalue weighted by Gasteiger charge is 1.85. The summed E-state index contributed by atoms with van der Waals surface area (Å²) in [7, 11) is -3.13. The van der Waals surface area contributed by atoms with Crippen molar-refractivity contribution < 1.29 is 25.0 Å². The Morgan fingerprint density at radius 2 is 1.00 bits per heavy atom. The maximum atomic E-state index is 8.74. The van der Waals surface area contributed by atoms with E-state index in [-0.39, 0.29) is 69.7 Å². The molecule has 0 unspecified atom stereocenters. The van der Waals surface area contributed by atoms with Crippen LogP contribution in [0.1, 0.15) is 0 Å². The van der Waals surface area contributed by atoms with Crippen LogP contribution < -0.4 is 0 Å². The SMILES string of the molecule is I.O.O.O=[Si](O)O.[AlH3].[AlH3]. The number of hydrogen-bond acceptors (Lipinski definition) is 1. The van der Waals surface area contributed by atoms with Crippen molar-refractivity contribution in [1.82, 2.24) is 0 Å². The molecule has 60 valence electrons. The van der Waals surface area contributed by atoms with Gasteiger partial charge in [0.1, 0.15) is 0 Å². The molecule has 0 radical (unpaired) electrons. The number of hydrogen-bond donors (Lipinski definition) is 2. The van der Waals surface area contributed by atoms with Crippen LogP contribution in [0, 0.1) is 0 Å². The lowest BCUT2D eigenvalue weighted by molar-refractivity contribution is 0.330. The van der Waals surface area contributed by atoms with Gasteiger partial charge in [-0.3, -0.25) is 4.46 Å². The summed E-state index contributed by atoms with van der Waals surface area (Å²) in [6, 6.07) is 0. The average molecular weight is 302 g/mol. The van der Waals surface area contributed by atoms with E-state index in [0.29, 0.717) is 0 Å². The maximum Gasteiger partial charge on any atom is 0.761 e. The van der Waals surface area contributed by atoms with Gasteiger partial charge in [-0.15, -0.1) is 24.0 Å². The summed E-state index contributed by atoms with van der Waals surface area (Å²) >= 11 is 0. The van der Waals surface area contributed by atoms with Crippen molar-refractivity contribution in [2.45, 2.75) is 0 Å². The second kappa shape index (κ2) is 34.5. The van der Waals surface area contributed by atoms with E-state index in [9.17, 15) is 0 Å². The molecule has 0 aromatic heterocycles. The zero-order valence-electron chi connectivity index (χ0n) is 3.21. The molecule has 0 aliphatic carbocycles. The first-order chi connectivity index (χ1) is 1.73. The Kier molecular flexibility index (Phi) is 184. The number of halogens is 1. The third-order valence-corrected chi connectivity index (χ3v) is 0. The van der Waals surface area contributed by atoms with Crippen LogP contribution in [-0.2, 0) is 4.46 Å². The van der Waals surface area contributed by atoms with E-state index in [1.807, 2.05) is 0 Å². The van der Waals surface area contributed by atoms with Crippen LogP contribution in [0.2, 0.25) is 0 Å². The quantitative estimate of drug-likeness (QED) is 0.344. The molecular weight excluding hydrogens is 289 g/mol. The zero-order valence-corrected chi connectivity index (χ0v) is 6.54. The summed E-state index contributed by atoms with van der Waals surface area (Å²) in [5.74, 6) is 0. The molecule has 9 heavy (non-hydrogen) atoms. The van der Waals surface area contributed by atoms with Crippen LogP contribution in [0.3, 0.4) is 0 Å². The summed E-state index contributed by atoms with van der Waals surface area (Å²) in [5.41, 5.74) is 0. The average Bonchev–Trinajstić information content (AvgIpc) is 0.811. The summed E-state index contributed by atoms with van der Waals surface area (Å²) in [5, 5.41) is 0. The lowest BCUT2D eigenvalue weighted by Crippen LogP contribution is -1.90. The van der Waals surface area contributed by atoms with Gasteiger partial charge in [0.15, 0.2) is 34.7 Å². The van der Waals surface area contributed by atoms with Crippen LogP contribution in [-0.4, -0.2) is 64.4 Å². The Balaban J connectivity index is -0.00000000450. The molecule has 0 atom stereocenters. The maximum absolute atomic E-state index is 8.74. The molecule has 0 aromatic rings. The van der Waals surface area contributed by atoms with Gasteiger partial charge in [0.25, 0.3) is 0 Å². The van der Waals surface area contributed by atoms with Gasteiger partial charge in [-0.25, -0.2) is 0 Å². The van der Waals surface area contributed by atoms with Gasteiger partial charge >= 0.3 is 9.17 Å². The third-order valence-electron chi connectivity index (χ3n) is 0. The van der Waals surface area contributed by atoms with Crippen LogP contribution in [0.25, 0.3) is 0 Å². The van der Waals surface area contributed by atoms with Crippen LogP contribution >= 0.6 is 24.0 Å². The molecule has 9 heteroatoms. The fraction of sp³-hybridized carbons (Fsp3) is 0. The minimum atomic E-state index is -3.13. The van der Waals surface area contributed by atoms with Gasteiger partial charge in [0.2, 0.25) is 0 Å². The molecule has 0 aliphatic rings. The van der Waals surface area contributed by atoms with Gasteiger partial charge < -0.3 is 20.5 Å². The lowest BCUT2D eigenvalue weighted by atomic mass is 15.8. The predicted octanol–water partition coefficient (Wildman–Crippen LogP) is -5.01. The highest BCUT2D eigenvalue weighted by atomic mass is 127. The van der Waals surface area contributed by atoms with Crippen LogP contribution in [0.5, 0.6) is 0 Å². The molecule has 0 bridgehead atoms. The Morgan fingerprint density at radius 3 is 1.00 bits per heavy atom. The Labute approximate surface area is 92.3 Å². The molecule has 5 nitrogen and oxygen atoms in total. The van der Waals surface area contributed by atoms with E-state index < -0.39 is 9.17 Å². The normalized spacial score (nSPS) is 2.67. The molecular formula is H13Al2IO5Si. The third kappa shape index (κ3) is 283. The minimum Gasteiger partial charge on any atom is -0.511 e. The Hall–Kier alpha value is 1.33. The molecule has 0 aromatic carbocycles. The largest absolute Gasteiger partial charge is 0.761 e. The van der Waals surface area contributed by atoms with Crippen molar-refractivity contribution in [3.05, 3.63) is 0 Å². The van der Waals surface area contributed by atoms with E-state index in [4.69, 9.17) is 14.1 Å². The van der Waals surface area contributed by atoms with Crippen molar-refractivity contribution >= 4 is 67.9 Å². The molecule has 0 saturated carbocycles. The highest BCUT2D eigenvalue weighted by Crippen LogP contribution is 1.27. The zero-order chi connectivity index (χ0) is 3.58. The summed E-state index contributed by atoms with van der Waals surface area (Å²) in [6.45, 7) is 0. The summed E-state index contributed by atoms with van der Waals surface area (Å²) in [4.78, 5) is 14.3. The molecule has 0 amide bonds. The predicted molar refractivity (Wildman–Crippen MR) is 53.4 cm³/mol. The first kappa shape index (κ1) is 47.9. The van der Waals surface area contributed by atoms with Crippen molar-refractivity contribution in [1.29, 1.82) is 0 Å². The molecule has 0 spiro atoms. The molecule has 0 rings (SSSR count). The fourth-order valence-corrected chi connectivity index (χ4v) is 0. The van der Waals surface area contributed by atoms with Gasteiger partial charge in [0, 0.05) is 0 Å². The lowest BCUT2D eigenvalue weighted by Gasteiger charge is -1.55. The van der Waals surface area contributed by atoms with Crippen molar-refractivity contribution in [2.24, 2.45) is 0 Å². The Bertz CT molecular complexity index is 37.9. The first-order valence-corrected chi connectivity index (χ1v) is 1.95. The molecule has 0 fully saturated rings. The second-order valence-electron chi connectivity index (χ2n) is 0.283. The van der Waals surface area contributed by atoms with Gasteiger partial charge in [-0.2, -0.15) is 0 Å². The van der Waals surface area contributed by atoms with Gasteiger partial charge in [-0.1, -0.05) is 0 Å². The topological polar surface area (TPSA) is 121 Å². The minimum absolute atomic E-state index is 0. The molecule has 0 saturated heterocycles. The van der Waals surface area contributed by atoms with E-state index in [1.54, 1.807) is 0 Å². The smallest absolute Gasteiger partial charge is 0.511 e. The van der Waals surface area contributed by atoms with Crippen molar-refractivity contribution in [2.75, 3.05) is 0 Å².